The fraction of sp³-hybridized carbons (Fsp3) is 0.375. The Morgan fingerprint density at radius 1 is 1.24 bits per heavy atom. The van der Waals surface area contributed by atoms with Crippen molar-refractivity contribution in [1.82, 2.24) is 20.3 Å². The number of carbonyl (C=O) groups excluding carboxylic acids is 1. The van der Waals surface area contributed by atoms with Gasteiger partial charge in [-0.05, 0) is 31.0 Å². The van der Waals surface area contributed by atoms with E-state index < -0.39 is 12.8 Å². The number of ether oxygens (including phenoxy) is 1. The van der Waals surface area contributed by atoms with E-state index in [0.29, 0.717) is 23.2 Å². The number of nitrogens with one attached hydrogen (secondary N) is 1. The van der Waals surface area contributed by atoms with Crippen molar-refractivity contribution >= 4 is 5.91 Å². The van der Waals surface area contributed by atoms with Gasteiger partial charge >= 0.3 is 6.18 Å². The molecule has 0 spiro atoms. The van der Waals surface area contributed by atoms with Crippen LogP contribution in [0, 0.1) is 6.92 Å². The molecule has 2 aromatic heterocycles. The molecule has 2 rings (SSSR count). The standard InChI is InChI=1S/C16H17F3N4O2/c1-3-12-5-11(7-21-15(12)25-8-16(17,18)19)6-20-14(24)13-4-10(2)22-9-23-13/h4-5,7,9H,3,6,8H2,1-2H3,(H,20,24). The van der Waals surface area contributed by atoms with Gasteiger partial charge in [-0.15, -0.1) is 0 Å². The zero-order valence-electron chi connectivity index (χ0n) is 13.7. The number of aryl methyl sites for hydroxylation is 2. The van der Waals surface area contributed by atoms with Crippen molar-refractivity contribution in [2.75, 3.05) is 6.61 Å². The van der Waals surface area contributed by atoms with Gasteiger partial charge in [-0.2, -0.15) is 13.2 Å². The highest BCUT2D eigenvalue weighted by Crippen LogP contribution is 2.21. The average molecular weight is 354 g/mol. The first-order valence-electron chi connectivity index (χ1n) is 7.52. The summed E-state index contributed by atoms with van der Waals surface area (Å²) in [7, 11) is 0. The van der Waals surface area contributed by atoms with Crippen molar-refractivity contribution in [1.29, 1.82) is 0 Å². The third-order valence-corrected chi connectivity index (χ3v) is 3.22. The first-order valence-corrected chi connectivity index (χ1v) is 7.52. The summed E-state index contributed by atoms with van der Waals surface area (Å²) in [5, 5.41) is 2.68. The second-order valence-electron chi connectivity index (χ2n) is 5.29. The summed E-state index contributed by atoms with van der Waals surface area (Å²) in [5.41, 5.74) is 2.09. The van der Waals surface area contributed by atoms with Crippen molar-refractivity contribution < 1.29 is 22.7 Å². The van der Waals surface area contributed by atoms with E-state index in [2.05, 4.69) is 20.3 Å². The first kappa shape index (κ1) is 18.6. The number of halogens is 3. The molecule has 0 aliphatic heterocycles. The SMILES string of the molecule is CCc1cc(CNC(=O)c2cc(C)ncn2)cnc1OCC(F)(F)F. The Bertz CT molecular complexity index is 750. The van der Waals surface area contributed by atoms with E-state index in [4.69, 9.17) is 4.74 Å². The van der Waals surface area contributed by atoms with E-state index in [1.54, 1.807) is 26.0 Å². The van der Waals surface area contributed by atoms with Crippen LogP contribution in [0.4, 0.5) is 13.2 Å². The highest BCUT2D eigenvalue weighted by molar-refractivity contribution is 5.92. The summed E-state index contributed by atoms with van der Waals surface area (Å²) in [6.07, 6.45) is -1.30. The van der Waals surface area contributed by atoms with Gasteiger partial charge in [0.1, 0.15) is 12.0 Å². The zero-order valence-corrected chi connectivity index (χ0v) is 13.7. The fourth-order valence-corrected chi connectivity index (χ4v) is 2.03. The topological polar surface area (TPSA) is 77.0 Å². The van der Waals surface area contributed by atoms with Gasteiger partial charge < -0.3 is 10.1 Å². The summed E-state index contributed by atoms with van der Waals surface area (Å²) in [6, 6.07) is 3.21. The molecule has 0 saturated carbocycles. The van der Waals surface area contributed by atoms with Gasteiger partial charge in [0, 0.05) is 24.0 Å². The lowest BCUT2D eigenvalue weighted by Crippen LogP contribution is -2.24. The summed E-state index contributed by atoms with van der Waals surface area (Å²) < 4.78 is 41.4. The molecule has 6 nitrogen and oxygen atoms in total. The highest BCUT2D eigenvalue weighted by Gasteiger charge is 2.29. The maximum Gasteiger partial charge on any atom is 0.422 e. The van der Waals surface area contributed by atoms with E-state index in [1.165, 1.54) is 12.5 Å². The monoisotopic (exact) mass is 354 g/mol. The van der Waals surface area contributed by atoms with Crippen LogP contribution < -0.4 is 10.1 Å². The molecule has 0 bridgehead atoms. The minimum Gasteiger partial charge on any atom is -0.468 e. The number of pyridine rings is 1. The van der Waals surface area contributed by atoms with E-state index in [0.717, 1.165) is 0 Å². The Morgan fingerprint density at radius 3 is 2.64 bits per heavy atom. The Kier molecular flexibility index (Phi) is 5.89. The number of carbonyl (C=O) groups is 1. The molecule has 134 valence electrons. The van der Waals surface area contributed by atoms with Gasteiger partial charge in [0.2, 0.25) is 5.88 Å². The van der Waals surface area contributed by atoms with Crippen LogP contribution in [-0.4, -0.2) is 33.6 Å². The lowest BCUT2D eigenvalue weighted by Gasteiger charge is -2.13. The quantitative estimate of drug-likeness (QED) is 0.863. The molecule has 2 heterocycles. The molecular weight excluding hydrogens is 337 g/mol. The van der Waals surface area contributed by atoms with Crippen LogP contribution in [0.15, 0.2) is 24.7 Å². The maximum absolute atomic E-state index is 12.2. The molecule has 25 heavy (non-hydrogen) atoms. The molecule has 1 amide bonds. The Morgan fingerprint density at radius 2 is 2.00 bits per heavy atom. The van der Waals surface area contributed by atoms with Gasteiger partial charge in [-0.3, -0.25) is 4.79 Å². The van der Waals surface area contributed by atoms with Crippen LogP contribution in [0.25, 0.3) is 0 Å². The van der Waals surface area contributed by atoms with Crippen molar-refractivity contribution in [3.63, 3.8) is 0 Å². The summed E-state index contributed by atoms with van der Waals surface area (Å²) >= 11 is 0. The molecule has 0 aliphatic carbocycles. The van der Waals surface area contributed by atoms with Crippen LogP contribution in [-0.2, 0) is 13.0 Å². The fourth-order valence-electron chi connectivity index (χ4n) is 2.03. The molecule has 0 aliphatic rings. The lowest BCUT2D eigenvalue weighted by atomic mass is 10.1. The minimum atomic E-state index is -4.42. The third kappa shape index (κ3) is 5.70. The molecule has 0 aromatic carbocycles. The summed E-state index contributed by atoms with van der Waals surface area (Å²) in [5.74, 6) is -0.428. The van der Waals surface area contributed by atoms with E-state index in [9.17, 15) is 18.0 Å². The van der Waals surface area contributed by atoms with Gasteiger partial charge in [0.05, 0.1) is 0 Å². The molecule has 0 fully saturated rings. The van der Waals surface area contributed by atoms with Crippen LogP contribution in [0.1, 0.15) is 34.2 Å². The summed E-state index contributed by atoms with van der Waals surface area (Å²) in [4.78, 5) is 23.7. The maximum atomic E-state index is 12.2. The Balaban J connectivity index is 2.01. The largest absolute Gasteiger partial charge is 0.468 e. The van der Waals surface area contributed by atoms with Crippen LogP contribution in [0.3, 0.4) is 0 Å². The molecular formula is C16H17F3N4O2. The van der Waals surface area contributed by atoms with Crippen LogP contribution >= 0.6 is 0 Å². The van der Waals surface area contributed by atoms with Crippen molar-refractivity contribution in [3.8, 4) is 5.88 Å². The third-order valence-electron chi connectivity index (χ3n) is 3.22. The van der Waals surface area contributed by atoms with E-state index in [1.807, 2.05) is 0 Å². The van der Waals surface area contributed by atoms with Crippen molar-refractivity contribution in [3.05, 3.63) is 47.2 Å². The number of hydrogen-bond acceptors (Lipinski definition) is 5. The number of amides is 1. The first-order chi connectivity index (χ1) is 11.8. The second-order valence-corrected chi connectivity index (χ2v) is 5.29. The number of hydrogen-bond donors (Lipinski definition) is 1. The second kappa shape index (κ2) is 7.91. The van der Waals surface area contributed by atoms with Crippen molar-refractivity contribution in [2.45, 2.75) is 33.0 Å². The molecule has 0 saturated heterocycles. The highest BCUT2D eigenvalue weighted by atomic mass is 19.4. The van der Waals surface area contributed by atoms with Crippen molar-refractivity contribution in [2.24, 2.45) is 0 Å². The molecule has 2 aromatic rings. The molecule has 9 heteroatoms. The molecule has 0 atom stereocenters. The van der Waals surface area contributed by atoms with E-state index >= 15 is 0 Å². The smallest absolute Gasteiger partial charge is 0.422 e. The average Bonchev–Trinajstić information content (AvgIpc) is 2.57. The van der Waals surface area contributed by atoms with Gasteiger partial charge in [-0.1, -0.05) is 6.92 Å². The van der Waals surface area contributed by atoms with Crippen LogP contribution in [0.5, 0.6) is 5.88 Å². The number of alkyl halides is 3. The lowest BCUT2D eigenvalue weighted by molar-refractivity contribution is -0.154. The molecule has 1 N–H and O–H groups in total. The summed E-state index contributed by atoms with van der Waals surface area (Å²) in [6.45, 7) is 2.30. The Hall–Kier alpha value is -2.71. The zero-order chi connectivity index (χ0) is 18.4. The van der Waals surface area contributed by atoms with E-state index in [-0.39, 0.29) is 24.0 Å². The molecule has 0 unspecified atom stereocenters. The number of aromatic nitrogens is 3. The van der Waals surface area contributed by atoms with Crippen LogP contribution in [0.2, 0.25) is 0 Å². The molecule has 0 radical (unpaired) electrons. The Labute approximate surface area is 142 Å². The van der Waals surface area contributed by atoms with Gasteiger partial charge in [0.25, 0.3) is 5.91 Å². The number of rotatable bonds is 6. The predicted octanol–water partition coefficient (Wildman–Crippen LogP) is 2.61. The number of nitrogens with zero attached hydrogens (tertiary/aromatic N) is 3. The minimum absolute atomic E-state index is 0.0543. The normalized spacial score (nSPS) is 11.2. The van der Waals surface area contributed by atoms with Gasteiger partial charge in [-0.25, -0.2) is 15.0 Å². The van der Waals surface area contributed by atoms with Gasteiger partial charge in [0.15, 0.2) is 6.61 Å². The predicted molar refractivity (Wildman–Crippen MR) is 83.1 cm³/mol.